The summed E-state index contributed by atoms with van der Waals surface area (Å²) in [6.07, 6.45) is 4.34. The standard InChI is InChI=1S/C39H71N3O6/c1-34(2)21-28(37(7,8)40(34)13)24-46-31(43)18-16-27(20-33(45)48-26-30-23-36(5,6)42(15)39(30,11)12)17-19-32(44)47-25-29-22-35(3,4)41(14)38(29,9)10/h27-30H,16-26H2,1-15H3. The lowest BCUT2D eigenvalue weighted by molar-refractivity contribution is -0.150. The predicted molar refractivity (Wildman–Crippen MR) is 192 cm³/mol. The van der Waals surface area contributed by atoms with Crippen molar-refractivity contribution in [2.24, 2.45) is 23.7 Å². The van der Waals surface area contributed by atoms with Crippen molar-refractivity contribution in [1.29, 1.82) is 0 Å². The first kappa shape index (κ1) is 40.7. The fraction of sp³-hybridized carbons (Fsp3) is 0.923. The van der Waals surface area contributed by atoms with Gasteiger partial charge in [-0.2, -0.15) is 0 Å². The first-order valence-electron chi connectivity index (χ1n) is 18.4. The minimum atomic E-state index is -0.277. The van der Waals surface area contributed by atoms with E-state index in [0.29, 0.717) is 32.7 Å². The number of hydrogen-bond acceptors (Lipinski definition) is 9. The Bertz CT molecular complexity index is 1100. The Morgan fingerprint density at radius 1 is 0.521 bits per heavy atom. The molecule has 9 heteroatoms. The van der Waals surface area contributed by atoms with Gasteiger partial charge in [0.2, 0.25) is 0 Å². The van der Waals surface area contributed by atoms with E-state index in [9.17, 15) is 14.4 Å². The average Bonchev–Trinajstić information content (AvgIpc) is 3.32. The van der Waals surface area contributed by atoms with Crippen molar-refractivity contribution in [3.63, 3.8) is 0 Å². The fourth-order valence-corrected chi connectivity index (χ4v) is 8.93. The lowest BCUT2D eigenvalue weighted by Gasteiger charge is -2.38. The Morgan fingerprint density at radius 2 is 0.792 bits per heavy atom. The summed E-state index contributed by atoms with van der Waals surface area (Å²) in [5.41, 5.74) is -0.132. The molecule has 3 aliphatic rings. The molecule has 0 aromatic heterocycles. The summed E-state index contributed by atoms with van der Waals surface area (Å²) >= 11 is 0. The van der Waals surface area contributed by atoms with Crippen LogP contribution in [0, 0.1) is 23.7 Å². The van der Waals surface area contributed by atoms with Crippen LogP contribution >= 0.6 is 0 Å². The van der Waals surface area contributed by atoms with Crippen LogP contribution < -0.4 is 0 Å². The zero-order chi connectivity index (χ0) is 36.7. The lowest BCUT2D eigenvalue weighted by atomic mass is 9.87. The first-order chi connectivity index (χ1) is 21.7. The molecule has 3 rings (SSSR count). The largest absolute Gasteiger partial charge is 0.465 e. The number of likely N-dealkylation sites (tertiary alicyclic amines) is 3. The quantitative estimate of drug-likeness (QED) is 0.147. The molecule has 48 heavy (non-hydrogen) atoms. The van der Waals surface area contributed by atoms with Gasteiger partial charge in [0.1, 0.15) is 0 Å². The van der Waals surface area contributed by atoms with E-state index >= 15 is 0 Å². The van der Waals surface area contributed by atoms with Crippen LogP contribution in [0.25, 0.3) is 0 Å². The maximum atomic E-state index is 13.2. The van der Waals surface area contributed by atoms with Crippen molar-refractivity contribution < 1.29 is 28.6 Å². The molecule has 9 nitrogen and oxygen atoms in total. The molecular formula is C39H71N3O6. The smallest absolute Gasteiger partial charge is 0.306 e. The summed E-state index contributed by atoms with van der Waals surface area (Å²) in [6, 6.07) is 0. The zero-order valence-electron chi connectivity index (χ0n) is 33.4. The molecule has 0 aromatic carbocycles. The maximum Gasteiger partial charge on any atom is 0.306 e. The number of esters is 3. The number of carbonyl (C=O) groups excluding carboxylic acids is 3. The van der Waals surface area contributed by atoms with Gasteiger partial charge in [-0.25, -0.2) is 0 Å². The molecule has 0 saturated carbocycles. The molecule has 0 bridgehead atoms. The van der Waals surface area contributed by atoms with E-state index in [0.717, 1.165) is 19.3 Å². The first-order valence-corrected chi connectivity index (χ1v) is 18.4. The van der Waals surface area contributed by atoms with Crippen LogP contribution in [0.15, 0.2) is 0 Å². The predicted octanol–water partition coefficient (Wildman–Crippen LogP) is 6.71. The molecular weight excluding hydrogens is 606 g/mol. The number of nitrogens with zero attached hydrogens (tertiary/aromatic N) is 3. The third-order valence-corrected chi connectivity index (χ3v) is 13.9. The summed E-state index contributed by atoms with van der Waals surface area (Å²) in [5.74, 6) is -0.283. The monoisotopic (exact) mass is 678 g/mol. The van der Waals surface area contributed by atoms with Gasteiger partial charge in [-0.3, -0.25) is 29.1 Å². The molecule has 3 atom stereocenters. The van der Waals surface area contributed by atoms with E-state index in [4.69, 9.17) is 14.2 Å². The molecule has 3 heterocycles. The van der Waals surface area contributed by atoms with Crippen molar-refractivity contribution in [2.45, 2.75) is 168 Å². The second-order valence-corrected chi connectivity index (χ2v) is 19.0. The summed E-state index contributed by atoms with van der Waals surface area (Å²) in [4.78, 5) is 46.3. The third-order valence-electron chi connectivity index (χ3n) is 13.9. The van der Waals surface area contributed by atoms with Gasteiger partial charge in [0.15, 0.2) is 0 Å². The number of carbonyl (C=O) groups is 3. The van der Waals surface area contributed by atoms with Crippen molar-refractivity contribution >= 4 is 17.9 Å². The van der Waals surface area contributed by atoms with Gasteiger partial charge in [-0.15, -0.1) is 0 Å². The Balaban J connectivity index is 1.57. The van der Waals surface area contributed by atoms with Crippen molar-refractivity contribution in [3.8, 4) is 0 Å². The highest BCUT2D eigenvalue weighted by molar-refractivity contribution is 5.72. The van der Waals surface area contributed by atoms with Gasteiger partial charge in [-0.05, 0) is 142 Å². The molecule has 0 amide bonds. The molecule has 0 aliphatic carbocycles. The molecule has 0 radical (unpaired) electrons. The molecule has 278 valence electrons. The highest BCUT2D eigenvalue weighted by atomic mass is 16.5. The van der Waals surface area contributed by atoms with Gasteiger partial charge < -0.3 is 14.2 Å². The van der Waals surface area contributed by atoms with Crippen molar-refractivity contribution in [2.75, 3.05) is 41.0 Å². The minimum Gasteiger partial charge on any atom is -0.465 e. The van der Waals surface area contributed by atoms with Crippen LogP contribution in [0.2, 0.25) is 0 Å². The SMILES string of the molecule is CN1C(C)(C)CC(COC(=O)CCC(CCC(=O)OCC2CC(C)(C)N(C)C2(C)C)CC(=O)OCC2CC(C)(C)N(C)C2(C)C)C1(C)C. The van der Waals surface area contributed by atoms with Gasteiger partial charge >= 0.3 is 17.9 Å². The third kappa shape index (κ3) is 8.95. The molecule has 0 spiro atoms. The summed E-state index contributed by atoms with van der Waals surface area (Å²) in [6.45, 7) is 27.7. The van der Waals surface area contributed by atoms with Gasteiger partial charge in [0.25, 0.3) is 0 Å². The Kier molecular flexibility index (Phi) is 12.3. The van der Waals surface area contributed by atoms with E-state index in [1.54, 1.807) is 0 Å². The topological polar surface area (TPSA) is 88.6 Å². The van der Waals surface area contributed by atoms with E-state index in [1.165, 1.54) is 0 Å². The zero-order valence-corrected chi connectivity index (χ0v) is 33.4. The van der Waals surface area contributed by atoms with Crippen LogP contribution in [0.5, 0.6) is 0 Å². The van der Waals surface area contributed by atoms with Crippen LogP contribution in [0.3, 0.4) is 0 Å². The summed E-state index contributed by atoms with van der Waals surface area (Å²) in [7, 11) is 6.41. The van der Waals surface area contributed by atoms with Crippen LogP contribution in [-0.2, 0) is 28.6 Å². The number of hydrogen-bond donors (Lipinski definition) is 0. The van der Waals surface area contributed by atoms with E-state index in [-0.39, 0.29) is 94.1 Å². The van der Waals surface area contributed by atoms with Crippen LogP contribution in [0.1, 0.15) is 134 Å². The molecule has 3 fully saturated rings. The highest BCUT2D eigenvalue weighted by Crippen LogP contribution is 2.46. The van der Waals surface area contributed by atoms with Crippen molar-refractivity contribution in [1.82, 2.24) is 14.7 Å². The Labute approximate surface area is 293 Å². The number of rotatable bonds is 14. The fourth-order valence-electron chi connectivity index (χ4n) is 8.93. The number of ether oxygens (including phenoxy) is 3. The average molecular weight is 678 g/mol. The van der Waals surface area contributed by atoms with Crippen LogP contribution in [0.4, 0.5) is 0 Å². The normalized spacial score (nSPS) is 29.4. The van der Waals surface area contributed by atoms with Gasteiger partial charge in [0.05, 0.1) is 19.8 Å². The summed E-state index contributed by atoms with van der Waals surface area (Å²) in [5, 5.41) is 0. The minimum absolute atomic E-state index is 0.0294. The highest BCUT2D eigenvalue weighted by Gasteiger charge is 2.51. The Hall–Kier alpha value is -1.71. The van der Waals surface area contributed by atoms with E-state index < -0.39 is 0 Å². The molecule has 3 aliphatic heterocycles. The van der Waals surface area contributed by atoms with Gasteiger partial charge in [0, 0.05) is 70.2 Å². The molecule has 0 aromatic rings. The summed E-state index contributed by atoms with van der Waals surface area (Å²) < 4.78 is 17.5. The second-order valence-electron chi connectivity index (χ2n) is 19.0. The second kappa shape index (κ2) is 14.5. The molecule has 0 N–H and O–H groups in total. The maximum absolute atomic E-state index is 13.2. The van der Waals surface area contributed by atoms with E-state index in [2.05, 4.69) is 119 Å². The van der Waals surface area contributed by atoms with E-state index in [1.807, 2.05) is 0 Å². The lowest BCUT2D eigenvalue weighted by Crippen LogP contribution is -2.47. The van der Waals surface area contributed by atoms with Crippen molar-refractivity contribution in [3.05, 3.63) is 0 Å². The van der Waals surface area contributed by atoms with Gasteiger partial charge in [-0.1, -0.05) is 0 Å². The molecule has 3 saturated heterocycles. The Morgan fingerprint density at radius 3 is 1.04 bits per heavy atom. The van der Waals surface area contributed by atoms with Crippen LogP contribution in [-0.4, -0.2) is 107 Å². The molecule has 3 unspecified atom stereocenters.